The van der Waals surface area contributed by atoms with Gasteiger partial charge in [0.05, 0.1) is 30.7 Å². The van der Waals surface area contributed by atoms with Gasteiger partial charge in [-0.1, -0.05) is 76.8 Å². The van der Waals surface area contributed by atoms with Crippen LogP contribution in [0.2, 0.25) is 0 Å². The Bertz CT molecular complexity index is 635. The van der Waals surface area contributed by atoms with Crippen molar-refractivity contribution in [3.8, 4) is 0 Å². The Morgan fingerprint density at radius 1 is 0.893 bits per heavy atom. The summed E-state index contributed by atoms with van der Waals surface area (Å²) in [7, 11) is 1.33. The molecule has 0 radical (unpaired) electrons. The molecular weight excluding hydrogens is 354 g/mol. The summed E-state index contributed by atoms with van der Waals surface area (Å²) in [5.41, 5.74) is 0.851. The van der Waals surface area contributed by atoms with Crippen molar-refractivity contribution in [2.24, 2.45) is 0 Å². The number of hydrogen-bond donors (Lipinski definition) is 0. The van der Waals surface area contributed by atoms with E-state index in [2.05, 4.69) is 6.92 Å². The third-order valence-corrected chi connectivity index (χ3v) is 5.46. The van der Waals surface area contributed by atoms with Crippen LogP contribution in [0.1, 0.15) is 98.3 Å². The number of carbonyl (C=O) groups is 3. The predicted octanol–water partition coefficient (Wildman–Crippen LogP) is 5.14. The maximum Gasteiger partial charge on any atom is 0.307 e. The number of methoxy groups -OCH3 is 1. The first-order valence-corrected chi connectivity index (χ1v) is 10.6. The predicted molar refractivity (Wildman–Crippen MR) is 109 cm³/mol. The van der Waals surface area contributed by atoms with Gasteiger partial charge in [0.2, 0.25) is 0 Å². The lowest BCUT2D eigenvalue weighted by Gasteiger charge is -2.25. The second-order valence-electron chi connectivity index (χ2n) is 7.58. The minimum Gasteiger partial charge on any atom is -0.469 e. The van der Waals surface area contributed by atoms with E-state index in [-0.39, 0.29) is 18.2 Å². The average Bonchev–Trinajstić information content (AvgIpc) is 2.96. The normalized spacial score (nSPS) is 14.3. The van der Waals surface area contributed by atoms with Gasteiger partial charge in [-0.25, -0.2) is 0 Å². The van der Waals surface area contributed by atoms with Crippen LogP contribution in [0.25, 0.3) is 0 Å². The Hall–Kier alpha value is -2.17. The number of ether oxygens (including phenoxy) is 1. The number of nitrogens with zero attached hydrogens (tertiary/aromatic N) is 1. The van der Waals surface area contributed by atoms with Crippen LogP contribution in [0.5, 0.6) is 0 Å². The van der Waals surface area contributed by atoms with Gasteiger partial charge in [0.25, 0.3) is 11.8 Å². The van der Waals surface area contributed by atoms with Crippen molar-refractivity contribution in [2.75, 3.05) is 7.11 Å². The summed E-state index contributed by atoms with van der Waals surface area (Å²) < 4.78 is 4.79. The van der Waals surface area contributed by atoms with Crippen LogP contribution in [0.4, 0.5) is 0 Å². The summed E-state index contributed by atoms with van der Waals surface area (Å²) in [6.07, 6.45) is 11.5. The Morgan fingerprint density at radius 3 is 1.89 bits per heavy atom. The van der Waals surface area contributed by atoms with E-state index < -0.39 is 12.0 Å². The molecule has 5 heteroatoms. The molecule has 5 nitrogen and oxygen atoms in total. The van der Waals surface area contributed by atoms with Crippen LogP contribution in [-0.4, -0.2) is 35.8 Å². The highest BCUT2D eigenvalue weighted by Gasteiger charge is 2.40. The van der Waals surface area contributed by atoms with Gasteiger partial charge in [-0.3, -0.25) is 19.3 Å². The topological polar surface area (TPSA) is 63.7 Å². The van der Waals surface area contributed by atoms with E-state index in [1.165, 1.54) is 50.5 Å². The fourth-order valence-corrected chi connectivity index (χ4v) is 3.83. The van der Waals surface area contributed by atoms with Gasteiger partial charge in [-0.05, 0) is 18.6 Å². The number of imide groups is 1. The zero-order valence-electron chi connectivity index (χ0n) is 17.2. The molecule has 0 fully saturated rings. The number of hydrogen-bond acceptors (Lipinski definition) is 4. The van der Waals surface area contributed by atoms with Crippen LogP contribution in [0.15, 0.2) is 24.3 Å². The molecule has 0 saturated heterocycles. The van der Waals surface area contributed by atoms with E-state index in [9.17, 15) is 14.4 Å². The van der Waals surface area contributed by atoms with E-state index in [1.807, 2.05) is 0 Å². The molecule has 0 aliphatic carbocycles. The van der Waals surface area contributed by atoms with Crippen molar-refractivity contribution in [2.45, 2.75) is 83.6 Å². The zero-order chi connectivity index (χ0) is 20.4. The van der Waals surface area contributed by atoms with Gasteiger partial charge in [0, 0.05) is 0 Å². The van der Waals surface area contributed by atoms with Crippen molar-refractivity contribution in [3.63, 3.8) is 0 Å². The van der Waals surface area contributed by atoms with Crippen molar-refractivity contribution >= 4 is 17.8 Å². The number of amides is 2. The molecule has 1 atom stereocenters. The molecule has 0 N–H and O–H groups in total. The SMILES string of the molecule is CCCCCCCCCCCC(CC(=O)OC)N1C(=O)c2ccccc2C1=O. The molecule has 2 rings (SSSR count). The molecule has 0 spiro atoms. The van der Waals surface area contributed by atoms with Gasteiger partial charge < -0.3 is 4.74 Å². The molecule has 1 aliphatic rings. The van der Waals surface area contributed by atoms with Crippen LogP contribution in [0, 0.1) is 0 Å². The van der Waals surface area contributed by atoms with Crippen LogP contribution in [-0.2, 0) is 9.53 Å². The zero-order valence-corrected chi connectivity index (χ0v) is 17.2. The molecule has 0 saturated carbocycles. The summed E-state index contributed by atoms with van der Waals surface area (Å²) in [4.78, 5) is 38.6. The average molecular weight is 388 g/mol. The molecule has 1 aromatic rings. The van der Waals surface area contributed by atoms with E-state index in [0.29, 0.717) is 17.5 Å². The third kappa shape index (κ3) is 5.91. The fourth-order valence-electron chi connectivity index (χ4n) is 3.83. The maximum atomic E-state index is 12.7. The molecule has 1 aliphatic heterocycles. The first-order chi connectivity index (χ1) is 13.6. The van der Waals surface area contributed by atoms with Crippen molar-refractivity contribution in [1.82, 2.24) is 4.90 Å². The minimum atomic E-state index is -0.440. The number of esters is 1. The second-order valence-corrected chi connectivity index (χ2v) is 7.58. The minimum absolute atomic E-state index is 0.0545. The molecule has 1 unspecified atom stereocenters. The second kappa shape index (κ2) is 11.6. The summed E-state index contributed by atoms with van der Waals surface area (Å²) in [5.74, 6) is -0.992. The summed E-state index contributed by atoms with van der Waals surface area (Å²) in [5, 5.41) is 0. The highest BCUT2D eigenvalue weighted by molar-refractivity contribution is 6.21. The summed E-state index contributed by atoms with van der Waals surface area (Å²) in [6, 6.07) is 6.41. The van der Waals surface area contributed by atoms with E-state index in [4.69, 9.17) is 4.74 Å². The molecule has 1 aromatic carbocycles. The van der Waals surface area contributed by atoms with Crippen LogP contribution in [0.3, 0.4) is 0 Å². The monoisotopic (exact) mass is 387 g/mol. The van der Waals surface area contributed by atoms with E-state index in [1.54, 1.807) is 24.3 Å². The lowest BCUT2D eigenvalue weighted by atomic mass is 10.0. The Kier molecular flexibility index (Phi) is 9.18. The smallest absolute Gasteiger partial charge is 0.307 e. The molecule has 154 valence electrons. The van der Waals surface area contributed by atoms with Crippen molar-refractivity contribution < 1.29 is 19.1 Å². The van der Waals surface area contributed by atoms with Gasteiger partial charge in [0.15, 0.2) is 0 Å². The summed E-state index contributed by atoms with van der Waals surface area (Å²) >= 11 is 0. The first-order valence-electron chi connectivity index (χ1n) is 10.6. The Balaban J connectivity index is 1.86. The van der Waals surface area contributed by atoms with Crippen LogP contribution < -0.4 is 0 Å². The number of rotatable bonds is 13. The fraction of sp³-hybridized carbons (Fsp3) is 0.609. The Labute approximate surface area is 168 Å². The standard InChI is InChI=1S/C23H33NO4/c1-3-4-5-6-7-8-9-10-11-14-18(17-21(25)28-2)24-22(26)19-15-12-13-16-20(19)23(24)27/h12-13,15-16,18H,3-11,14,17H2,1-2H3. The lowest BCUT2D eigenvalue weighted by molar-refractivity contribution is -0.141. The highest BCUT2D eigenvalue weighted by atomic mass is 16.5. The number of benzene rings is 1. The molecule has 28 heavy (non-hydrogen) atoms. The van der Waals surface area contributed by atoms with Crippen molar-refractivity contribution in [3.05, 3.63) is 35.4 Å². The quantitative estimate of drug-likeness (QED) is 0.267. The van der Waals surface area contributed by atoms with Crippen molar-refractivity contribution in [1.29, 1.82) is 0 Å². The molecule has 1 heterocycles. The number of fused-ring (bicyclic) bond motifs is 1. The largest absolute Gasteiger partial charge is 0.469 e. The van der Waals surface area contributed by atoms with Gasteiger partial charge >= 0.3 is 5.97 Å². The van der Waals surface area contributed by atoms with E-state index >= 15 is 0 Å². The molecule has 2 amide bonds. The summed E-state index contributed by atoms with van der Waals surface area (Å²) in [6.45, 7) is 2.22. The molecular formula is C23H33NO4. The maximum absolute atomic E-state index is 12.7. The molecule has 0 aromatic heterocycles. The number of carbonyl (C=O) groups excluding carboxylic acids is 3. The lowest BCUT2D eigenvalue weighted by Crippen LogP contribution is -2.41. The first kappa shape index (κ1) is 22.1. The van der Waals surface area contributed by atoms with Gasteiger partial charge in [-0.2, -0.15) is 0 Å². The highest BCUT2D eigenvalue weighted by Crippen LogP contribution is 2.28. The van der Waals surface area contributed by atoms with Crippen LogP contribution >= 0.6 is 0 Å². The Morgan fingerprint density at radius 2 is 1.39 bits per heavy atom. The molecule has 0 bridgehead atoms. The van der Waals surface area contributed by atoms with E-state index in [0.717, 1.165) is 19.3 Å². The third-order valence-electron chi connectivity index (χ3n) is 5.46. The van der Waals surface area contributed by atoms with Gasteiger partial charge in [-0.15, -0.1) is 0 Å². The number of unbranched alkanes of at least 4 members (excludes halogenated alkanes) is 8. The van der Waals surface area contributed by atoms with Gasteiger partial charge in [0.1, 0.15) is 0 Å².